The van der Waals surface area contributed by atoms with Gasteiger partial charge in [0, 0.05) is 10.6 Å². The summed E-state index contributed by atoms with van der Waals surface area (Å²) in [7, 11) is 0. The number of nitrogens with zero attached hydrogens (tertiary/aromatic N) is 3. The predicted molar refractivity (Wildman–Crippen MR) is 123 cm³/mol. The molecule has 1 heterocycles. The van der Waals surface area contributed by atoms with Gasteiger partial charge in [-0.1, -0.05) is 43.1 Å². The molecule has 0 saturated heterocycles. The maximum atomic E-state index is 12.6. The number of halogens is 1. The summed E-state index contributed by atoms with van der Waals surface area (Å²) in [5, 5.41) is 9.79. The maximum Gasteiger partial charge on any atom is 0.329 e. The van der Waals surface area contributed by atoms with Gasteiger partial charge in [-0.15, -0.1) is 0 Å². The average Bonchev–Trinajstić information content (AvgIpc) is 3.30. The number of anilines is 1. The highest BCUT2D eigenvalue weighted by Gasteiger charge is 2.27. The molecule has 0 fully saturated rings. The van der Waals surface area contributed by atoms with Gasteiger partial charge in [0.15, 0.2) is 6.61 Å². The van der Waals surface area contributed by atoms with Gasteiger partial charge < -0.3 is 15.4 Å². The van der Waals surface area contributed by atoms with Crippen LogP contribution >= 0.6 is 11.6 Å². The van der Waals surface area contributed by atoms with Crippen molar-refractivity contribution < 1.29 is 19.1 Å². The van der Waals surface area contributed by atoms with E-state index in [2.05, 4.69) is 20.7 Å². The van der Waals surface area contributed by atoms with Crippen molar-refractivity contribution in [2.45, 2.75) is 26.8 Å². The lowest BCUT2D eigenvalue weighted by atomic mass is 10.0. The van der Waals surface area contributed by atoms with Gasteiger partial charge in [0.05, 0.1) is 11.4 Å². The Morgan fingerprint density at radius 3 is 2.48 bits per heavy atom. The number of aromatic nitrogens is 3. The molecule has 172 valence electrons. The van der Waals surface area contributed by atoms with Crippen LogP contribution in [0.5, 0.6) is 0 Å². The van der Waals surface area contributed by atoms with Crippen LogP contribution in [0.25, 0.3) is 5.69 Å². The van der Waals surface area contributed by atoms with Gasteiger partial charge in [-0.25, -0.2) is 14.5 Å². The summed E-state index contributed by atoms with van der Waals surface area (Å²) in [6, 6.07) is 10.9. The number of hydrogen-bond acceptors (Lipinski definition) is 6. The summed E-state index contributed by atoms with van der Waals surface area (Å²) in [6.45, 7) is 4.93. The van der Waals surface area contributed by atoms with Crippen molar-refractivity contribution in [3.63, 3.8) is 0 Å². The molecule has 2 N–H and O–H groups in total. The molecule has 2 aromatic carbocycles. The Morgan fingerprint density at radius 1 is 1.12 bits per heavy atom. The molecule has 0 bridgehead atoms. The first-order chi connectivity index (χ1) is 15.7. The van der Waals surface area contributed by atoms with Gasteiger partial charge in [0.1, 0.15) is 18.7 Å². The van der Waals surface area contributed by atoms with E-state index in [1.165, 1.54) is 17.3 Å². The first-order valence-corrected chi connectivity index (χ1v) is 10.6. The van der Waals surface area contributed by atoms with Crippen LogP contribution in [0.15, 0.2) is 55.1 Å². The number of ether oxygens (including phenoxy) is 1. The molecule has 0 radical (unpaired) electrons. The summed E-state index contributed by atoms with van der Waals surface area (Å²) in [5.74, 6) is -1.92. The van der Waals surface area contributed by atoms with E-state index in [1.807, 2.05) is 19.1 Å². The minimum absolute atomic E-state index is 0.248. The number of carbonyl (C=O) groups is 3. The van der Waals surface area contributed by atoms with Crippen molar-refractivity contribution in [3.05, 3.63) is 71.3 Å². The monoisotopic (exact) mass is 469 g/mol. The van der Waals surface area contributed by atoms with Crippen molar-refractivity contribution in [2.75, 3.05) is 11.9 Å². The molecule has 1 aromatic heterocycles. The summed E-state index contributed by atoms with van der Waals surface area (Å²) < 4.78 is 6.65. The molecule has 0 spiro atoms. The van der Waals surface area contributed by atoms with Crippen LogP contribution in [0.2, 0.25) is 5.02 Å². The average molecular weight is 470 g/mol. The molecule has 10 heteroatoms. The second kappa shape index (κ2) is 10.7. The third kappa shape index (κ3) is 6.39. The molecule has 1 atom stereocenters. The van der Waals surface area contributed by atoms with Crippen LogP contribution in [-0.4, -0.2) is 45.2 Å². The first-order valence-electron chi connectivity index (χ1n) is 10.2. The highest BCUT2D eigenvalue weighted by molar-refractivity contribution is 6.31. The van der Waals surface area contributed by atoms with Gasteiger partial charge in [-0.2, -0.15) is 5.10 Å². The van der Waals surface area contributed by atoms with Crippen molar-refractivity contribution >= 4 is 35.1 Å². The van der Waals surface area contributed by atoms with Gasteiger partial charge in [0.25, 0.3) is 11.8 Å². The zero-order chi connectivity index (χ0) is 24.0. The fourth-order valence-electron chi connectivity index (χ4n) is 2.98. The quantitative estimate of drug-likeness (QED) is 0.489. The van der Waals surface area contributed by atoms with Crippen LogP contribution in [0.4, 0.5) is 5.69 Å². The lowest BCUT2D eigenvalue weighted by Gasteiger charge is -2.21. The number of esters is 1. The van der Waals surface area contributed by atoms with E-state index in [0.717, 1.165) is 5.56 Å². The largest absolute Gasteiger partial charge is 0.454 e. The van der Waals surface area contributed by atoms with Crippen molar-refractivity contribution in [1.82, 2.24) is 20.1 Å². The van der Waals surface area contributed by atoms with E-state index in [0.29, 0.717) is 22.0 Å². The second-order valence-electron chi connectivity index (χ2n) is 7.72. The predicted octanol–water partition coefficient (Wildman–Crippen LogP) is 3.17. The lowest BCUT2D eigenvalue weighted by Crippen LogP contribution is -2.45. The Bertz CT molecular complexity index is 1130. The van der Waals surface area contributed by atoms with Crippen LogP contribution in [0.3, 0.4) is 0 Å². The number of rotatable bonds is 8. The third-order valence-corrected chi connectivity index (χ3v) is 5.00. The second-order valence-corrected chi connectivity index (χ2v) is 8.16. The van der Waals surface area contributed by atoms with E-state index < -0.39 is 30.4 Å². The summed E-state index contributed by atoms with van der Waals surface area (Å²) >= 11 is 6.05. The van der Waals surface area contributed by atoms with Gasteiger partial charge in [-0.3, -0.25) is 9.59 Å². The molecule has 0 aliphatic rings. The number of benzene rings is 2. The fourth-order valence-corrected chi connectivity index (χ4v) is 3.15. The minimum Gasteiger partial charge on any atom is -0.454 e. The van der Waals surface area contributed by atoms with E-state index >= 15 is 0 Å². The molecule has 0 unspecified atom stereocenters. The Morgan fingerprint density at radius 2 is 1.85 bits per heavy atom. The molecule has 3 aromatic rings. The number of carbonyl (C=O) groups excluding carboxylic acids is 3. The van der Waals surface area contributed by atoms with E-state index in [1.54, 1.807) is 44.2 Å². The molecule has 0 saturated carbocycles. The topological polar surface area (TPSA) is 115 Å². The highest BCUT2D eigenvalue weighted by atomic mass is 35.5. The van der Waals surface area contributed by atoms with Crippen molar-refractivity contribution in [2.24, 2.45) is 5.92 Å². The Balaban J connectivity index is 1.62. The smallest absolute Gasteiger partial charge is 0.329 e. The summed E-state index contributed by atoms with van der Waals surface area (Å²) in [4.78, 5) is 41.5. The molecular weight excluding hydrogens is 446 g/mol. The third-order valence-electron chi connectivity index (χ3n) is 4.76. The SMILES string of the molecule is Cc1ccc(C(=O)N[C@H](C(=O)OCC(=O)Nc2cc(Cl)ccc2-n2cncn2)C(C)C)cc1. The normalized spacial score (nSPS) is 11.7. The number of hydrogen-bond donors (Lipinski definition) is 2. The zero-order valence-corrected chi connectivity index (χ0v) is 19.2. The lowest BCUT2D eigenvalue weighted by molar-refractivity contribution is -0.150. The maximum absolute atomic E-state index is 12.6. The van der Waals surface area contributed by atoms with Crippen LogP contribution in [0, 0.1) is 12.8 Å². The summed E-state index contributed by atoms with van der Waals surface area (Å²) in [5.41, 5.74) is 2.37. The Labute approximate surface area is 196 Å². The van der Waals surface area contributed by atoms with Crippen LogP contribution in [0.1, 0.15) is 29.8 Å². The van der Waals surface area contributed by atoms with E-state index in [4.69, 9.17) is 16.3 Å². The number of amides is 2. The molecule has 9 nitrogen and oxygen atoms in total. The van der Waals surface area contributed by atoms with Crippen molar-refractivity contribution in [1.29, 1.82) is 0 Å². The van der Waals surface area contributed by atoms with Gasteiger partial charge in [-0.05, 0) is 43.2 Å². The highest BCUT2D eigenvalue weighted by Crippen LogP contribution is 2.24. The fraction of sp³-hybridized carbons (Fsp3) is 0.261. The van der Waals surface area contributed by atoms with Crippen LogP contribution < -0.4 is 10.6 Å². The molecular formula is C23H24ClN5O4. The zero-order valence-electron chi connectivity index (χ0n) is 18.4. The molecule has 0 aliphatic heterocycles. The Hall–Kier alpha value is -3.72. The molecule has 3 rings (SSSR count). The minimum atomic E-state index is -0.913. The number of nitrogens with one attached hydrogen (secondary N) is 2. The van der Waals surface area contributed by atoms with Gasteiger partial charge in [0.2, 0.25) is 0 Å². The summed E-state index contributed by atoms with van der Waals surface area (Å²) in [6.07, 6.45) is 2.84. The molecule has 2 amide bonds. The Kier molecular flexibility index (Phi) is 7.78. The van der Waals surface area contributed by atoms with Crippen molar-refractivity contribution in [3.8, 4) is 5.69 Å². The van der Waals surface area contributed by atoms with Crippen LogP contribution in [-0.2, 0) is 14.3 Å². The first kappa shape index (κ1) is 23.9. The van der Waals surface area contributed by atoms with Gasteiger partial charge >= 0.3 is 5.97 Å². The molecule has 33 heavy (non-hydrogen) atoms. The standard InChI is InChI=1S/C23H24ClN5O4/c1-14(2)21(28-22(31)16-6-4-15(3)5-7-16)23(32)33-11-20(30)27-18-10-17(24)8-9-19(18)29-13-25-12-26-29/h4-10,12-14,21H,11H2,1-3H3,(H,27,30)(H,28,31)/t21-/m0/s1. The van der Waals surface area contributed by atoms with E-state index in [-0.39, 0.29) is 5.92 Å². The number of aryl methyl sites for hydroxylation is 1. The molecule has 0 aliphatic carbocycles. The van der Waals surface area contributed by atoms with E-state index in [9.17, 15) is 14.4 Å².